The Morgan fingerprint density at radius 1 is 1.16 bits per heavy atom. The maximum Gasteiger partial charge on any atom is 0.128 e. The molecule has 1 fully saturated rings. The van der Waals surface area contributed by atoms with E-state index in [9.17, 15) is 0 Å². The number of rotatable bonds is 2. The molecule has 0 aromatic carbocycles. The lowest BCUT2D eigenvalue weighted by Crippen LogP contribution is -2.36. The molecule has 3 rings (SSSR count). The minimum atomic E-state index is -0.363. The summed E-state index contributed by atoms with van der Waals surface area (Å²) in [5, 5.41) is 0. The minimum absolute atomic E-state index is 0.305. The molecule has 0 saturated heterocycles. The van der Waals surface area contributed by atoms with E-state index in [0.29, 0.717) is 11.3 Å². The Balaban J connectivity index is 1.88. The van der Waals surface area contributed by atoms with E-state index in [-0.39, 0.29) is 5.60 Å². The average Bonchev–Trinajstić information content (AvgIpc) is 2.68. The van der Waals surface area contributed by atoms with E-state index in [1.165, 1.54) is 19.3 Å². The lowest BCUT2D eigenvalue weighted by molar-refractivity contribution is 0.0130. The number of fused-ring (bicyclic) bond motifs is 2. The molecule has 25 heavy (non-hydrogen) atoms. The third-order valence-electron chi connectivity index (χ3n) is 7.27. The van der Waals surface area contributed by atoms with Gasteiger partial charge in [-0.25, -0.2) is 0 Å². The second kappa shape index (κ2) is 7.20. The fraction of sp³-hybridized carbons (Fsp3) is 0.739. The van der Waals surface area contributed by atoms with E-state index in [1.807, 2.05) is 0 Å². The van der Waals surface area contributed by atoms with E-state index < -0.39 is 0 Å². The van der Waals surface area contributed by atoms with Gasteiger partial charge in [-0.1, -0.05) is 30.9 Å². The van der Waals surface area contributed by atoms with Gasteiger partial charge in [0.1, 0.15) is 5.60 Å². The Labute approximate surface area is 154 Å². The van der Waals surface area contributed by atoms with Crippen LogP contribution in [0.25, 0.3) is 0 Å². The number of allylic oxidation sites excluding steroid dienone is 3. The highest BCUT2D eigenvalue weighted by Crippen LogP contribution is 2.53. The Morgan fingerprint density at radius 3 is 2.64 bits per heavy atom. The highest BCUT2D eigenvalue weighted by Gasteiger charge is 2.43. The van der Waals surface area contributed by atoms with Crippen molar-refractivity contribution < 1.29 is 9.47 Å². The second-order valence-electron chi connectivity index (χ2n) is 8.86. The Kier molecular flexibility index (Phi) is 5.35. The van der Waals surface area contributed by atoms with Crippen LogP contribution in [0.3, 0.4) is 0 Å². The molecule has 138 valence electrons. The van der Waals surface area contributed by atoms with Gasteiger partial charge in [0.05, 0.1) is 12.9 Å². The predicted octanol–water partition coefficient (Wildman–Crippen LogP) is 5.64. The quantitative estimate of drug-likeness (QED) is 0.477. The van der Waals surface area contributed by atoms with Crippen molar-refractivity contribution in [2.24, 2.45) is 17.3 Å². The largest absolute Gasteiger partial charge is 0.501 e. The number of methoxy groups -OCH3 is 2. The molecule has 1 saturated carbocycles. The Hall–Kier alpha value is -1.20. The standard InChI is InChI=1S/C23H34O2/c1-6-23(25-5)13-7-8-20-19-11-10-18(24-4)16-17(19)9-12-21(20)22(2,3)14-15-23/h1,10,20-21H,7-9,11-16H2,2-5H3/t20?,21?,23-/m0/s1. The SMILES string of the molecule is C#C[C@]1(OC)CCCC2C3=C(CCC2C(C)(C)CC1)CC(OC)=CC3. The molecule has 0 aromatic heterocycles. The third-order valence-corrected chi connectivity index (χ3v) is 7.27. The Morgan fingerprint density at radius 2 is 1.96 bits per heavy atom. The first-order valence-corrected chi connectivity index (χ1v) is 9.91. The molecule has 3 aliphatic carbocycles. The van der Waals surface area contributed by atoms with Crippen LogP contribution in [0.1, 0.15) is 71.6 Å². The molecule has 0 radical (unpaired) electrons. The number of terminal acetylenes is 1. The number of hydrogen-bond acceptors (Lipinski definition) is 2. The van der Waals surface area contributed by atoms with Crippen LogP contribution in [-0.4, -0.2) is 19.8 Å². The van der Waals surface area contributed by atoms with Crippen molar-refractivity contribution in [2.45, 2.75) is 77.2 Å². The summed E-state index contributed by atoms with van der Waals surface area (Å²) in [6, 6.07) is 0. The lowest BCUT2D eigenvalue weighted by atomic mass is 9.60. The maximum atomic E-state index is 5.89. The van der Waals surface area contributed by atoms with Crippen molar-refractivity contribution in [3.05, 3.63) is 23.0 Å². The van der Waals surface area contributed by atoms with Crippen LogP contribution in [0.5, 0.6) is 0 Å². The molecule has 0 aromatic rings. The van der Waals surface area contributed by atoms with E-state index in [2.05, 4.69) is 25.8 Å². The average molecular weight is 343 g/mol. The van der Waals surface area contributed by atoms with E-state index in [4.69, 9.17) is 15.9 Å². The molecule has 0 bridgehead atoms. The van der Waals surface area contributed by atoms with Crippen molar-refractivity contribution in [3.63, 3.8) is 0 Å². The highest BCUT2D eigenvalue weighted by atomic mass is 16.5. The molecule has 0 N–H and O–H groups in total. The first-order chi connectivity index (χ1) is 11.9. The molecule has 2 nitrogen and oxygen atoms in total. The normalized spacial score (nSPS) is 35.2. The predicted molar refractivity (Wildman–Crippen MR) is 103 cm³/mol. The zero-order valence-electron chi connectivity index (χ0n) is 16.5. The van der Waals surface area contributed by atoms with Crippen LogP contribution in [0, 0.1) is 29.6 Å². The summed E-state index contributed by atoms with van der Waals surface area (Å²) in [4.78, 5) is 0. The van der Waals surface area contributed by atoms with Crippen LogP contribution in [-0.2, 0) is 9.47 Å². The van der Waals surface area contributed by atoms with Gasteiger partial charge in [0.2, 0.25) is 0 Å². The van der Waals surface area contributed by atoms with Gasteiger partial charge in [-0.2, -0.15) is 0 Å². The van der Waals surface area contributed by atoms with Crippen LogP contribution < -0.4 is 0 Å². The fourth-order valence-electron chi connectivity index (χ4n) is 5.52. The summed E-state index contributed by atoms with van der Waals surface area (Å²) in [7, 11) is 3.59. The van der Waals surface area contributed by atoms with Crippen LogP contribution in [0.4, 0.5) is 0 Å². The molecule has 3 aliphatic rings. The summed E-state index contributed by atoms with van der Waals surface area (Å²) in [6.07, 6.45) is 18.4. The van der Waals surface area contributed by atoms with Crippen molar-refractivity contribution in [1.82, 2.24) is 0 Å². The highest BCUT2D eigenvalue weighted by molar-refractivity contribution is 5.32. The fourth-order valence-corrected chi connectivity index (χ4v) is 5.52. The van der Waals surface area contributed by atoms with E-state index in [0.717, 1.165) is 50.2 Å². The van der Waals surface area contributed by atoms with Crippen molar-refractivity contribution in [3.8, 4) is 12.3 Å². The van der Waals surface area contributed by atoms with Gasteiger partial charge in [0, 0.05) is 13.5 Å². The molecule has 2 unspecified atom stereocenters. The monoisotopic (exact) mass is 342 g/mol. The van der Waals surface area contributed by atoms with Crippen LogP contribution in [0.15, 0.2) is 23.0 Å². The van der Waals surface area contributed by atoms with Gasteiger partial charge in [-0.3, -0.25) is 0 Å². The first-order valence-electron chi connectivity index (χ1n) is 9.91. The van der Waals surface area contributed by atoms with Crippen LogP contribution >= 0.6 is 0 Å². The second-order valence-corrected chi connectivity index (χ2v) is 8.86. The summed E-state index contributed by atoms with van der Waals surface area (Å²) in [5.74, 6) is 5.61. The molecule has 0 heterocycles. The Bertz CT molecular complexity index is 604. The van der Waals surface area contributed by atoms with Crippen LogP contribution in [0.2, 0.25) is 0 Å². The topological polar surface area (TPSA) is 18.5 Å². The zero-order chi connectivity index (χ0) is 18.1. The van der Waals surface area contributed by atoms with Gasteiger partial charge in [-0.05, 0) is 74.7 Å². The van der Waals surface area contributed by atoms with Gasteiger partial charge >= 0.3 is 0 Å². The first kappa shape index (κ1) is 18.6. The molecule has 3 atom stereocenters. The van der Waals surface area contributed by atoms with Gasteiger partial charge in [0.15, 0.2) is 0 Å². The van der Waals surface area contributed by atoms with Gasteiger partial charge < -0.3 is 9.47 Å². The summed E-state index contributed by atoms with van der Waals surface area (Å²) >= 11 is 0. The van der Waals surface area contributed by atoms with E-state index in [1.54, 1.807) is 25.4 Å². The molecular formula is C23H34O2. The van der Waals surface area contributed by atoms with E-state index >= 15 is 0 Å². The van der Waals surface area contributed by atoms with Crippen molar-refractivity contribution in [2.75, 3.05) is 14.2 Å². The number of hydrogen-bond donors (Lipinski definition) is 0. The maximum absolute atomic E-state index is 5.89. The molecule has 0 spiro atoms. The van der Waals surface area contributed by atoms with Crippen molar-refractivity contribution >= 4 is 0 Å². The lowest BCUT2D eigenvalue weighted by Gasteiger charge is -2.45. The summed E-state index contributed by atoms with van der Waals surface area (Å²) in [5.41, 5.74) is 3.32. The smallest absolute Gasteiger partial charge is 0.128 e. The van der Waals surface area contributed by atoms with Gasteiger partial charge in [-0.15, -0.1) is 6.42 Å². The third kappa shape index (κ3) is 3.54. The molecule has 2 heteroatoms. The minimum Gasteiger partial charge on any atom is -0.501 e. The number of ether oxygens (including phenoxy) is 2. The van der Waals surface area contributed by atoms with Crippen molar-refractivity contribution in [1.29, 1.82) is 0 Å². The summed E-state index contributed by atoms with van der Waals surface area (Å²) in [6.45, 7) is 4.91. The molecular weight excluding hydrogens is 308 g/mol. The molecule has 0 amide bonds. The summed E-state index contributed by atoms with van der Waals surface area (Å²) < 4.78 is 11.4. The zero-order valence-corrected chi connectivity index (χ0v) is 16.5. The molecule has 0 aliphatic heterocycles. The van der Waals surface area contributed by atoms with Gasteiger partial charge in [0.25, 0.3) is 0 Å².